The lowest BCUT2D eigenvalue weighted by Gasteiger charge is -2.07. The van der Waals surface area contributed by atoms with Gasteiger partial charge in [-0.15, -0.1) is 0 Å². The van der Waals surface area contributed by atoms with E-state index in [4.69, 9.17) is 16.4 Å². The van der Waals surface area contributed by atoms with Crippen LogP contribution in [0.4, 0.5) is 0 Å². The van der Waals surface area contributed by atoms with E-state index < -0.39 is 10.1 Å². The molecule has 0 aliphatic rings. The van der Waals surface area contributed by atoms with E-state index in [1.54, 1.807) is 24.3 Å². The number of benzene rings is 2. The Balaban J connectivity index is 1.73. The Labute approximate surface area is 139 Å². The van der Waals surface area contributed by atoms with Crippen LogP contribution in [0.25, 0.3) is 10.9 Å². The molecule has 2 aromatic carbocycles. The monoisotopic (exact) mass is 348 g/mol. The molecule has 3 rings (SSSR count). The van der Waals surface area contributed by atoms with Crippen molar-refractivity contribution in [1.29, 1.82) is 0 Å². The minimum atomic E-state index is -3.73. The fraction of sp³-hybridized carbons (Fsp3) is 0.188. The number of aryl methyl sites for hydroxylation is 1. The Morgan fingerprint density at radius 2 is 1.83 bits per heavy atom. The van der Waals surface area contributed by atoms with Crippen LogP contribution < -0.4 is 0 Å². The van der Waals surface area contributed by atoms with Gasteiger partial charge in [-0.3, -0.25) is 14.4 Å². The van der Waals surface area contributed by atoms with Gasteiger partial charge in [-0.2, -0.15) is 8.42 Å². The van der Waals surface area contributed by atoms with E-state index in [2.05, 4.69) is 10.2 Å². The molecule has 0 radical (unpaired) electrons. The third-order valence-corrected chi connectivity index (χ3v) is 5.26. The zero-order valence-electron chi connectivity index (χ0n) is 12.5. The van der Waals surface area contributed by atoms with Crippen molar-refractivity contribution in [3.63, 3.8) is 0 Å². The van der Waals surface area contributed by atoms with Gasteiger partial charge < -0.3 is 0 Å². The standard InChI is InChI=1S/C16H16N2O3S2/c1-11-5-7-13(8-6-11)23(19,20)21-10-9-12-3-2-4-14-15(12)17-18-16(14)22/h2-8H,9-10H2,1H3,(H2,17,18,22). The molecule has 5 nitrogen and oxygen atoms in total. The molecule has 0 saturated carbocycles. The van der Waals surface area contributed by atoms with Crippen LogP contribution in [0.15, 0.2) is 47.4 Å². The Bertz CT molecular complexity index is 986. The van der Waals surface area contributed by atoms with E-state index >= 15 is 0 Å². The molecule has 1 heterocycles. The van der Waals surface area contributed by atoms with E-state index in [0.717, 1.165) is 22.0 Å². The predicted molar refractivity (Wildman–Crippen MR) is 91.5 cm³/mol. The average Bonchev–Trinajstić information content (AvgIpc) is 2.90. The first-order valence-corrected chi connectivity index (χ1v) is 8.93. The maximum Gasteiger partial charge on any atom is 0.296 e. The molecule has 0 bridgehead atoms. The van der Waals surface area contributed by atoms with Crippen LogP contribution in [0.1, 0.15) is 11.1 Å². The van der Waals surface area contributed by atoms with Crippen LogP contribution in [0, 0.1) is 11.6 Å². The van der Waals surface area contributed by atoms with Crippen LogP contribution in [-0.4, -0.2) is 25.2 Å². The first-order valence-electron chi connectivity index (χ1n) is 7.12. The summed E-state index contributed by atoms with van der Waals surface area (Å²) in [5.41, 5.74) is 2.83. The lowest BCUT2D eigenvalue weighted by atomic mass is 10.1. The van der Waals surface area contributed by atoms with Gasteiger partial charge in [-0.05, 0) is 37.1 Å². The minimum absolute atomic E-state index is 0.0705. The second kappa shape index (κ2) is 6.27. The summed E-state index contributed by atoms with van der Waals surface area (Å²) in [6.07, 6.45) is 0.464. The number of H-pyrrole nitrogens is 2. The molecule has 0 unspecified atom stereocenters. The van der Waals surface area contributed by atoms with Gasteiger partial charge in [0.25, 0.3) is 10.1 Å². The van der Waals surface area contributed by atoms with Crippen molar-refractivity contribution < 1.29 is 12.6 Å². The summed E-state index contributed by atoms with van der Waals surface area (Å²) in [5, 5.41) is 6.81. The van der Waals surface area contributed by atoms with E-state index in [0.29, 0.717) is 11.1 Å². The summed E-state index contributed by atoms with van der Waals surface area (Å²) >= 11 is 5.18. The Kier molecular flexibility index (Phi) is 4.34. The zero-order chi connectivity index (χ0) is 16.4. The van der Waals surface area contributed by atoms with Crippen LogP contribution >= 0.6 is 12.2 Å². The van der Waals surface area contributed by atoms with E-state index in [1.165, 1.54) is 0 Å². The molecule has 0 spiro atoms. The molecule has 0 fully saturated rings. The number of para-hydroxylation sites is 1. The van der Waals surface area contributed by atoms with Crippen molar-refractivity contribution in [2.24, 2.45) is 0 Å². The van der Waals surface area contributed by atoms with Gasteiger partial charge in [-0.1, -0.05) is 42.0 Å². The van der Waals surface area contributed by atoms with Crippen LogP contribution in [0.5, 0.6) is 0 Å². The van der Waals surface area contributed by atoms with Gasteiger partial charge in [0.2, 0.25) is 0 Å². The molecule has 0 aliphatic carbocycles. The van der Waals surface area contributed by atoms with E-state index in [-0.39, 0.29) is 11.5 Å². The van der Waals surface area contributed by atoms with E-state index in [1.807, 2.05) is 25.1 Å². The smallest absolute Gasteiger partial charge is 0.296 e. The Hall–Kier alpha value is -1.96. The number of aromatic amines is 2. The maximum absolute atomic E-state index is 12.1. The first-order chi connectivity index (χ1) is 11.0. The lowest BCUT2D eigenvalue weighted by molar-refractivity contribution is 0.322. The summed E-state index contributed by atoms with van der Waals surface area (Å²) in [5.74, 6) is 0. The summed E-state index contributed by atoms with van der Waals surface area (Å²) in [4.78, 5) is 0.169. The highest BCUT2D eigenvalue weighted by atomic mass is 32.2. The maximum atomic E-state index is 12.1. The van der Waals surface area contributed by atoms with Crippen molar-refractivity contribution in [1.82, 2.24) is 10.2 Å². The Morgan fingerprint density at radius 3 is 2.57 bits per heavy atom. The van der Waals surface area contributed by atoms with E-state index in [9.17, 15) is 8.42 Å². The average molecular weight is 348 g/mol. The fourth-order valence-electron chi connectivity index (χ4n) is 2.37. The minimum Gasteiger partial charge on any atom is -0.299 e. The Morgan fingerprint density at radius 1 is 1.09 bits per heavy atom. The van der Waals surface area contributed by atoms with Crippen molar-refractivity contribution in [2.45, 2.75) is 18.2 Å². The number of nitrogens with one attached hydrogen (secondary N) is 2. The molecule has 7 heteroatoms. The summed E-state index contributed by atoms with van der Waals surface area (Å²) in [6, 6.07) is 12.3. The first kappa shape index (κ1) is 15.9. The third kappa shape index (κ3) is 3.36. The molecule has 1 aromatic heterocycles. The van der Waals surface area contributed by atoms with Crippen LogP contribution in [-0.2, 0) is 20.7 Å². The molecule has 0 amide bonds. The van der Waals surface area contributed by atoms with Gasteiger partial charge in [0, 0.05) is 5.39 Å². The molecular formula is C16H16N2O3S2. The van der Waals surface area contributed by atoms with Gasteiger partial charge >= 0.3 is 0 Å². The van der Waals surface area contributed by atoms with Gasteiger partial charge in [0.05, 0.1) is 17.0 Å². The van der Waals surface area contributed by atoms with Crippen molar-refractivity contribution >= 4 is 33.2 Å². The van der Waals surface area contributed by atoms with Gasteiger partial charge in [-0.25, -0.2) is 0 Å². The molecule has 3 aromatic rings. The predicted octanol–water partition coefficient (Wildman–Crippen LogP) is 3.48. The normalized spacial score (nSPS) is 11.9. The third-order valence-electron chi connectivity index (χ3n) is 3.62. The summed E-state index contributed by atoms with van der Waals surface area (Å²) in [6.45, 7) is 1.97. The number of hydrogen-bond acceptors (Lipinski definition) is 4. The highest BCUT2D eigenvalue weighted by Crippen LogP contribution is 2.19. The zero-order valence-corrected chi connectivity index (χ0v) is 14.1. The number of fused-ring (bicyclic) bond motifs is 1. The summed E-state index contributed by atoms with van der Waals surface area (Å²) < 4.78 is 30.1. The van der Waals surface area contributed by atoms with Crippen molar-refractivity contribution in [2.75, 3.05) is 6.61 Å². The van der Waals surface area contributed by atoms with Crippen molar-refractivity contribution in [3.05, 3.63) is 58.2 Å². The van der Waals surface area contributed by atoms with Crippen molar-refractivity contribution in [3.8, 4) is 0 Å². The topological polar surface area (TPSA) is 75.0 Å². The highest BCUT2D eigenvalue weighted by molar-refractivity contribution is 7.86. The fourth-order valence-corrected chi connectivity index (χ4v) is 3.50. The summed E-state index contributed by atoms with van der Waals surface area (Å²) in [7, 11) is -3.73. The number of hydrogen-bond donors (Lipinski definition) is 2. The quantitative estimate of drug-likeness (QED) is 0.547. The molecule has 0 atom stereocenters. The highest BCUT2D eigenvalue weighted by Gasteiger charge is 2.15. The largest absolute Gasteiger partial charge is 0.299 e. The second-order valence-corrected chi connectivity index (χ2v) is 7.28. The van der Waals surface area contributed by atoms with Gasteiger partial charge in [0.1, 0.15) is 4.64 Å². The van der Waals surface area contributed by atoms with Gasteiger partial charge in [0.15, 0.2) is 0 Å². The molecular weight excluding hydrogens is 332 g/mol. The number of rotatable bonds is 5. The molecule has 0 aliphatic heterocycles. The molecule has 23 heavy (non-hydrogen) atoms. The SMILES string of the molecule is Cc1ccc(S(=O)(=O)OCCc2cccc3c(=S)[nH][nH]c23)cc1. The number of aromatic nitrogens is 2. The second-order valence-electron chi connectivity index (χ2n) is 5.26. The molecule has 0 saturated heterocycles. The lowest BCUT2D eigenvalue weighted by Crippen LogP contribution is -2.09. The van der Waals surface area contributed by atoms with Crippen LogP contribution in [0.2, 0.25) is 0 Å². The molecule has 2 N–H and O–H groups in total. The molecule has 120 valence electrons. The van der Waals surface area contributed by atoms with Crippen LogP contribution in [0.3, 0.4) is 0 Å².